The molecule has 0 aliphatic heterocycles. The predicted octanol–water partition coefficient (Wildman–Crippen LogP) is 2.65. The first-order valence-electron chi connectivity index (χ1n) is 6.02. The number of alkyl carbamates (subject to hydrolysis) is 1. The quantitative estimate of drug-likeness (QED) is 0.808. The van der Waals surface area contributed by atoms with E-state index in [0.29, 0.717) is 6.54 Å². The number of aromatic amines is 1. The summed E-state index contributed by atoms with van der Waals surface area (Å²) in [7, 11) is 0. The number of carbonyl (C=O) groups excluding carboxylic acids is 1. The van der Waals surface area contributed by atoms with Crippen LogP contribution in [0.3, 0.4) is 0 Å². The minimum atomic E-state index is -0.451. The number of hydrogen-bond acceptors (Lipinski definition) is 3. The minimum absolute atomic E-state index is 0.381. The van der Waals surface area contributed by atoms with Crippen LogP contribution < -0.4 is 5.32 Å². The Bertz CT molecular complexity index is 416. The van der Waals surface area contributed by atoms with Crippen LogP contribution in [-0.2, 0) is 4.74 Å². The van der Waals surface area contributed by atoms with Gasteiger partial charge in [0, 0.05) is 6.54 Å². The SMILES string of the molecule is Cc1ncc(C=CCCNC(=O)OC(C)(C)C)[nH]1. The molecule has 2 N–H and O–H groups in total. The second-order valence-corrected chi connectivity index (χ2v) is 5.04. The number of amides is 1. The van der Waals surface area contributed by atoms with Gasteiger partial charge in [-0.15, -0.1) is 0 Å². The molecular formula is C13H21N3O2. The lowest BCUT2D eigenvalue weighted by atomic mass is 10.2. The summed E-state index contributed by atoms with van der Waals surface area (Å²) in [4.78, 5) is 18.5. The molecule has 0 aromatic carbocycles. The van der Waals surface area contributed by atoms with Crippen molar-refractivity contribution in [1.82, 2.24) is 15.3 Å². The lowest BCUT2D eigenvalue weighted by Gasteiger charge is -2.19. The van der Waals surface area contributed by atoms with Gasteiger partial charge in [-0.25, -0.2) is 9.78 Å². The fourth-order valence-corrected chi connectivity index (χ4v) is 1.31. The smallest absolute Gasteiger partial charge is 0.407 e. The van der Waals surface area contributed by atoms with Crippen LogP contribution in [-0.4, -0.2) is 28.2 Å². The highest BCUT2D eigenvalue weighted by Crippen LogP contribution is 2.06. The van der Waals surface area contributed by atoms with Gasteiger partial charge < -0.3 is 15.0 Å². The van der Waals surface area contributed by atoms with Crippen LogP contribution in [0.25, 0.3) is 6.08 Å². The van der Waals surface area contributed by atoms with Gasteiger partial charge in [0.25, 0.3) is 0 Å². The van der Waals surface area contributed by atoms with Crippen LogP contribution >= 0.6 is 0 Å². The molecule has 5 heteroatoms. The van der Waals surface area contributed by atoms with Gasteiger partial charge in [0.15, 0.2) is 0 Å². The maximum absolute atomic E-state index is 11.3. The summed E-state index contributed by atoms with van der Waals surface area (Å²) >= 11 is 0. The van der Waals surface area contributed by atoms with E-state index in [2.05, 4.69) is 15.3 Å². The fraction of sp³-hybridized carbons (Fsp3) is 0.538. The first kappa shape index (κ1) is 14.3. The Kier molecular flexibility index (Phi) is 4.95. The zero-order valence-electron chi connectivity index (χ0n) is 11.4. The van der Waals surface area contributed by atoms with Gasteiger partial charge in [-0.1, -0.05) is 6.08 Å². The van der Waals surface area contributed by atoms with Crippen LogP contribution in [0.4, 0.5) is 4.79 Å². The molecule has 1 rings (SSSR count). The highest BCUT2D eigenvalue weighted by Gasteiger charge is 2.14. The van der Waals surface area contributed by atoms with Crippen LogP contribution in [0, 0.1) is 6.92 Å². The van der Waals surface area contributed by atoms with Gasteiger partial charge >= 0.3 is 6.09 Å². The number of carbonyl (C=O) groups is 1. The van der Waals surface area contributed by atoms with E-state index in [1.165, 1.54) is 0 Å². The average molecular weight is 251 g/mol. The van der Waals surface area contributed by atoms with E-state index in [1.54, 1.807) is 6.20 Å². The van der Waals surface area contributed by atoms with Crippen LogP contribution in [0.1, 0.15) is 38.7 Å². The minimum Gasteiger partial charge on any atom is -0.444 e. The van der Waals surface area contributed by atoms with Gasteiger partial charge in [-0.05, 0) is 40.2 Å². The summed E-state index contributed by atoms with van der Waals surface area (Å²) in [6, 6.07) is 0. The fourth-order valence-electron chi connectivity index (χ4n) is 1.31. The van der Waals surface area contributed by atoms with Crippen LogP contribution in [0.5, 0.6) is 0 Å². The van der Waals surface area contributed by atoms with Crippen molar-refractivity contribution in [2.75, 3.05) is 6.54 Å². The molecule has 1 aromatic rings. The van der Waals surface area contributed by atoms with E-state index >= 15 is 0 Å². The predicted molar refractivity (Wildman–Crippen MR) is 71.2 cm³/mol. The molecule has 18 heavy (non-hydrogen) atoms. The van der Waals surface area contributed by atoms with Crippen LogP contribution in [0.15, 0.2) is 12.3 Å². The van der Waals surface area contributed by atoms with Crippen molar-refractivity contribution in [2.24, 2.45) is 0 Å². The monoisotopic (exact) mass is 251 g/mol. The molecule has 0 saturated carbocycles. The number of aromatic nitrogens is 2. The van der Waals surface area contributed by atoms with Gasteiger partial charge in [-0.3, -0.25) is 0 Å². The summed E-state index contributed by atoms with van der Waals surface area (Å²) in [6.07, 6.45) is 6.05. The lowest BCUT2D eigenvalue weighted by molar-refractivity contribution is 0.0529. The third kappa shape index (κ3) is 6.08. The number of aryl methyl sites for hydroxylation is 1. The maximum Gasteiger partial charge on any atom is 0.407 e. The standard InChI is InChI=1S/C13H21N3O2/c1-10-15-9-11(16-10)7-5-6-8-14-12(17)18-13(2,3)4/h5,7,9H,6,8H2,1-4H3,(H,14,17)(H,15,16). The molecule has 0 radical (unpaired) electrons. The summed E-state index contributed by atoms with van der Waals surface area (Å²) < 4.78 is 5.12. The molecule has 1 amide bonds. The van der Waals surface area contributed by atoms with Crippen LogP contribution in [0.2, 0.25) is 0 Å². The molecule has 5 nitrogen and oxygen atoms in total. The van der Waals surface area contributed by atoms with Gasteiger partial charge in [0.05, 0.1) is 11.9 Å². The van der Waals surface area contributed by atoms with E-state index < -0.39 is 5.60 Å². The van der Waals surface area contributed by atoms with Crippen molar-refractivity contribution in [2.45, 2.75) is 39.7 Å². The molecule has 0 atom stereocenters. The van der Waals surface area contributed by atoms with Crippen molar-refractivity contribution in [3.63, 3.8) is 0 Å². The zero-order chi connectivity index (χ0) is 13.6. The first-order chi connectivity index (χ1) is 8.37. The van der Waals surface area contributed by atoms with Crippen molar-refractivity contribution in [3.8, 4) is 0 Å². The summed E-state index contributed by atoms with van der Waals surface area (Å²) in [6.45, 7) is 7.98. The normalized spacial score (nSPS) is 11.8. The number of imidazole rings is 1. The average Bonchev–Trinajstić information content (AvgIpc) is 2.61. The maximum atomic E-state index is 11.3. The molecule has 100 valence electrons. The largest absolute Gasteiger partial charge is 0.444 e. The summed E-state index contributed by atoms with van der Waals surface area (Å²) in [5, 5.41) is 2.69. The number of H-pyrrole nitrogens is 1. The van der Waals surface area contributed by atoms with Gasteiger partial charge in [0.1, 0.15) is 11.4 Å². The van der Waals surface area contributed by atoms with Crippen molar-refractivity contribution in [1.29, 1.82) is 0 Å². The number of nitrogens with zero attached hydrogens (tertiary/aromatic N) is 1. The summed E-state index contributed by atoms with van der Waals surface area (Å²) in [5.41, 5.74) is 0.512. The molecule has 0 aliphatic rings. The Morgan fingerprint density at radius 1 is 1.56 bits per heavy atom. The Hall–Kier alpha value is -1.78. The molecule has 0 fully saturated rings. The molecule has 0 saturated heterocycles. The molecule has 1 aromatic heterocycles. The van der Waals surface area contributed by atoms with E-state index in [0.717, 1.165) is 17.9 Å². The van der Waals surface area contributed by atoms with Crippen molar-refractivity contribution in [3.05, 3.63) is 23.8 Å². The van der Waals surface area contributed by atoms with E-state index in [4.69, 9.17) is 4.74 Å². The van der Waals surface area contributed by atoms with Crippen molar-refractivity contribution >= 4 is 12.2 Å². The second-order valence-electron chi connectivity index (χ2n) is 5.04. The van der Waals surface area contributed by atoms with E-state index in [1.807, 2.05) is 39.8 Å². The second kappa shape index (κ2) is 6.23. The highest BCUT2D eigenvalue weighted by atomic mass is 16.6. The Balaban J connectivity index is 2.19. The van der Waals surface area contributed by atoms with Crippen molar-refractivity contribution < 1.29 is 9.53 Å². The number of hydrogen-bond donors (Lipinski definition) is 2. The Morgan fingerprint density at radius 3 is 2.83 bits per heavy atom. The molecular weight excluding hydrogens is 230 g/mol. The summed E-state index contributed by atoms with van der Waals surface area (Å²) in [5.74, 6) is 0.890. The first-order valence-corrected chi connectivity index (χ1v) is 6.02. The number of rotatable bonds is 4. The molecule has 0 unspecified atom stereocenters. The topological polar surface area (TPSA) is 67.0 Å². The third-order valence-corrected chi connectivity index (χ3v) is 2.00. The Morgan fingerprint density at radius 2 is 2.28 bits per heavy atom. The molecule has 0 aliphatic carbocycles. The van der Waals surface area contributed by atoms with E-state index in [-0.39, 0.29) is 6.09 Å². The lowest BCUT2D eigenvalue weighted by Crippen LogP contribution is -2.32. The molecule has 0 spiro atoms. The number of ether oxygens (including phenoxy) is 1. The highest BCUT2D eigenvalue weighted by molar-refractivity contribution is 5.67. The van der Waals surface area contributed by atoms with Gasteiger partial charge in [0.2, 0.25) is 0 Å². The van der Waals surface area contributed by atoms with Gasteiger partial charge in [-0.2, -0.15) is 0 Å². The van der Waals surface area contributed by atoms with E-state index in [9.17, 15) is 4.79 Å². The number of nitrogens with one attached hydrogen (secondary N) is 2. The third-order valence-electron chi connectivity index (χ3n) is 2.00. The molecule has 0 bridgehead atoms. The Labute approximate surface area is 108 Å². The zero-order valence-corrected chi connectivity index (χ0v) is 11.4. The molecule has 1 heterocycles.